The summed E-state index contributed by atoms with van der Waals surface area (Å²) < 4.78 is 5.47. The van der Waals surface area contributed by atoms with Gasteiger partial charge in [-0.1, -0.05) is 19.9 Å². The molecule has 0 aliphatic carbocycles. The minimum absolute atomic E-state index is 0.167. The monoisotopic (exact) mass is 249 g/mol. The second-order valence-corrected chi connectivity index (χ2v) is 4.36. The maximum absolute atomic E-state index is 11.0. The number of nitrogens with zero attached hydrogens (tertiary/aromatic N) is 1. The molecule has 0 bridgehead atoms. The van der Waals surface area contributed by atoms with E-state index in [4.69, 9.17) is 9.84 Å². The van der Waals surface area contributed by atoms with Crippen molar-refractivity contribution in [1.29, 1.82) is 0 Å². The Bertz CT molecular complexity index is 427. The van der Waals surface area contributed by atoms with Crippen LogP contribution in [-0.2, 0) is 0 Å². The van der Waals surface area contributed by atoms with Crippen molar-refractivity contribution in [1.82, 2.24) is 4.98 Å². The van der Waals surface area contributed by atoms with Gasteiger partial charge in [0.2, 0.25) is 5.88 Å². The van der Waals surface area contributed by atoms with Crippen LogP contribution in [0.25, 0.3) is 0 Å². The zero-order valence-corrected chi connectivity index (χ0v) is 10.8. The van der Waals surface area contributed by atoms with Crippen LogP contribution in [0.15, 0.2) is 24.8 Å². The van der Waals surface area contributed by atoms with Crippen LogP contribution in [0, 0.1) is 0 Å². The summed E-state index contributed by atoms with van der Waals surface area (Å²) in [4.78, 5) is 15.3. The molecule has 1 aromatic heterocycles. The summed E-state index contributed by atoms with van der Waals surface area (Å²) in [7, 11) is 0. The van der Waals surface area contributed by atoms with Crippen molar-refractivity contribution in [3.8, 4) is 5.88 Å². The standard InChI is InChI=1S/C14H19NO3/c1-4-5-6-7-18-13-9-11(14(16)17)8-12(15-13)10(2)3/h4,8-10H,1,5-7H2,2-3H3,(H,16,17). The number of carbonyl (C=O) groups is 1. The van der Waals surface area contributed by atoms with Crippen LogP contribution in [-0.4, -0.2) is 22.7 Å². The second kappa shape index (κ2) is 6.79. The highest BCUT2D eigenvalue weighted by molar-refractivity contribution is 5.88. The highest BCUT2D eigenvalue weighted by Crippen LogP contribution is 2.19. The maximum atomic E-state index is 11.0. The smallest absolute Gasteiger partial charge is 0.335 e. The lowest BCUT2D eigenvalue weighted by atomic mass is 10.1. The molecule has 0 unspecified atom stereocenters. The molecule has 0 saturated heterocycles. The van der Waals surface area contributed by atoms with E-state index in [0.29, 0.717) is 12.5 Å². The molecule has 0 atom stereocenters. The molecule has 0 amide bonds. The lowest BCUT2D eigenvalue weighted by molar-refractivity contribution is 0.0696. The molecule has 0 fully saturated rings. The van der Waals surface area contributed by atoms with E-state index in [0.717, 1.165) is 18.5 Å². The number of hydrogen-bond donors (Lipinski definition) is 1. The number of pyridine rings is 1. The SMILES string of the molecule is C=CCCCOc1cc(C(=O)O)cc(C(C)C)n1. The van der Waals surface area contributed by atoms with Crippen molar-refractivity contribution in [3.63, 3.8) is 0 Å². The van der Waals surface area contributed by atoms with Crippen molar-refractivity contribution < 1.29 is 14.6 Å². The fraction of sp³-hybridized carbons (Fsp3) is 0.429. The molecule has 1 N–H and O–H groups in total. The van der Waals surface area contributed by atoms with Crippen molar-refractivity contribution in [2.24, 2.45) is 0 Å². The first-order valence-corrected chi connectivity index (χ1v) is 6.03. The Labute approximate surface area is 107 Å². The topological polar surface area (TPSA) is 59.4 Å². The van der Waals surface area contributed by atoms with E-state index in [9.17, 15) is 4.79 Å². The molecule has 1 heterocycles. The van der Waals surface area contributed by atoms with Gasteiger partial charge in [-0.25, -0.2) is 9.78 Å². The first kappa shape index (κ1) is 14.2. The average Bonchev–Trinajstić information content (AvgIpc) is 2.34. The fourth-order valence-corrected chi connectivity index (χ4v) is 1.42. The van der Waals surface area contributed by atoms with Crippen molar-refractivity contribution in [2.75, 3.05) is 6.61 Å². The minimum atomic E-state index is -0.963. The van der Waals surface area contributed by atoms with Crippen molar-refractivity contribution in [2.45, 2.75) is 32.6 Å². The van der Waals surface area contributed by atoms with Gasteiger partial charge in [0, 0.05) is 11.8 Å². The molecule has 4 nitrogen and oxygen atoms in total. The van der Waals surface area contributed by atoms with E-state index in [1.54, 1.807) is 6.07 Å². The van der Waals surface area contributed by atoms with Crippen LogP contribution < -0.4 is 4.74 Å². The normalized spacial score (nSPS) is 10.4. The molecular formula is C14H19NO3. The minimum Gasteiger partial charge on any atom is -0.478 e. The average molecular weight is 249 g/mol. The number of rotatable bonds is 7. The summed E-state index contributed by atoms with van der Waals surface area (Å²) in [6.45, 7) is 8.08. The number of carboxylic acids is 1. The molecule has 0 aliphatic rings. The third-order valence-electron chi connectivity index (χ3n) is 2.46. The van der Waals surface area contributed by atoms with Gasteiger partial charge in [-0.2, -0.15) is 0 Å². The largest absolute Gasteiger partial charge is 0.478 e. The van der Waals surface area contributed by atoms with Crippen LogP contribution >= 0.6 is 0 Å². The summed E-state index contributed by atoms with van der Waals surface area (Å²) >= 11 is 0. The first-order chi connectivity index (χ1) is 8.54. The zero-order chi connectivity index (χ0) is 13.5. The van der Waals surface area contributed by atoms with Gasteiger partial charge in [0.15, 0.2) is 0 Å². The van der Waals surface area contributed by atoms with Gasteiger partial charge in [0.1, 0.15) is 0 Å². The van der Waals surface area contributed by atoms with Crippen LogP contribution in [0.4, 0.5) is 0 Å². The summed E-state index contributed by atoms with van der Waals surface area (Å²) in [5.74, 6) is -0.419. The molecule has 98 valence electrons. The number of hydrogen-bond acceptors (Lipinski definition) is 3. The summed E-state index contributed by atoms with van der Waals surface area (Å²) in [5.41, 5.74) is 0.945. The van der Waals surface area contributed by atoms with E-state index in [1.807, 2.05) is 19.9 Å². The lowest BCUT2D eigenvalue weighted by Gasteiger charge is -2.10. The quantitative estimate of drug-likeness (QED) is 0.595. The van der Waals surface area contributed by atoms with Crippen LogP contribution in [0.3, 0.4) is 0 Å². The Morgan fingerprint density at radius 1 is 1.56 bits per heavy atom. The van der Waals surface area contributed by atoms with E-state index in [2.05, 4.69) is 11.6 Å². The molecular weight excluding hydrogens is 230 g/mol. The van der Waals surface area contributed by atoms with Gasteiger partial charge >= 0.3 is 5.97 Å². The third kappa shape index (κ3) is 4.20. The lowest BCUT2D eigenvalue weighted by Crippen LogP contribution is -2.05. The summed E-state index contributed by atoms with van der Waals surface area (Å²) in [5, 5.41) is 9.03. The molecule has 18 heavy (non-hydrogen) atoms. The van der Waals surface area contributed by atoms with Crippen LogP contribution in [0.2, 0.25) is 0 Å². The number of ether oxygens (including phenoxy) is 1. The summed E-state index contributed by atoms with van der Waals surface area (Å²) in [6, 6.07) is 3.05. The van der Waals surface area contributed by atoms with E-state index in [1.165, 1.54) is 6.07 Å². The summed E-state index contributed by atoms with van der Waals surface area (Å²) in [6.07, 6.45) is 3.54. The van der Waals surface area contributed by atoms with Crippen molar-refractivity contribution >= 4 is 5.97 Å². The highest BCUT2D eigenvalue weighted by atomic mass is 16.5. The third-order valence-corrected chi connectivity index (χ3v) is 2.46. The molecule has 4 heteroatoms. The van der Waals surface area contributed by atoms with Gasteiger partial charge in [0.25, 0.3) is 0 Å². The van der Waals surface area contributed by atoms with E-state index >= 15 is 0 Å². The Kier molecular flexibility index (Phi) is 5.36. The Morgan fingerprint density at radius 2 is 2.28 bits per heavy atom. The predicted molar refractivity (Wildman–Crippen MR) is 70.2 cm³/mol. The molecule has 0 spiro atoms. The van der Waals surface area contributed by atoms with Crippen LogP contribution in [0.1, 0.15) is 48.7 Å². The maximum Gasteiger partial charge on any atom is 0.335 e. The van der Waals surface area contributed by atoms with Gasteiger partial charge in [-0.3, -0.25) is 0 Å². The first-order valence-electron chi connectivity index (χ1n) is 6.03. The van der Waals surface area contributed by atoms with Crippen LogP contribution in [0.5, 0.6) is 5.88 Å². The van der Waals surface area contributed by atoms with Gasteiger partial charge in [-0.05, 0) is 24.8 Å². The molecule has 1 rings (SSSR count). The predicted octanol–water partition coefficient (Wildman–Crippen LogP) is 3.25. The molecule has 0 saturated carbocycles. The van der Waals surface area contributed by atoms with E-state index < -0.39 is 5.97 Å². The fourth-order valence-electron chi connectivity index (χ4n) is 1.42. The van der Waals surface area contributed by atoms with Gasteiger partial charge in [0.05, 0.1) is 12.2 Å². The number of aromatic nitrogens is 1. The Balaban J connectivity index is 2.82. The number of aromatic carboxylic acids is 1. The molecule has 0 aliphatic heterocycles. The Hall–Kier alpha value is -1.84. The number of unbranched alkanes of at least 4 members (excludes halogenated alkanes) is 1. The Morgan fingerprint density at radius 3 is 2.83 bits per heavy atom. The van der Waals surface area contributed by atoms with Gasteiger partial charge < -0.3 is 9.84 Å². The zero-order valence-electron chi connectivity index (χ0n) is 10.8. The highest BCUT2D eigenvalue weighted by Gasteiger charge is 2.11. The van der Waals surface area contributed by atoms with E-state index in [-0.39, 0.29) is 11.5 Å². The molecule has 1 aromatic rings. The molecule has 0 aromatic carbocycles. The van der Waals surface area contributed by atoms with Gasteiger partial charge in [-0.15, -0.1) is 6.58 Å². The second-order valence-electron chi connectivity index (χ2n) is 4.36. The van der Waals surface area contributed by atoms with Crippen molar-refractivity contribution in [3.05, 3.63) is 36.0 Å². The molecule has 0 radical (unpaired) electrons. The number of allylic oxidation sites excluding steroid dienone is 1. The number of carboxylic acid groups (broad SMARTS) is 1.